The Morgan fingerprint density at radius 2 is 1.68 bits per heavy atom. The van der Waals surface area contributed by atoms with Gasteiger partial charge in [-0.2, -0.15) is 0 Å². The van der Waals surface area contributed by atoms with Gasteiger partial charge in [0.2, 0.25) is 5.91 Å². The van der Waals surface area contributed by atoms with Gasteiger partial charge in [-0.15, -0.1) is 10.2 Å². The molecule has 0 spiro atoms. The van der Waals surface area contributed by atoms with Crippen LogP contribution >= 0.6 is 0 Å². The Morgan fingerprint density at radius 1 is 1.05 bits per heavy atom. The number of nitrogens with zero attached hydrogens (tertiary/aromatic N) is 2. The molecule has 2 N–H and O–H groups in total. The number of nitrogens with one attached hydrogen (secondary N) is 2. The molecule has 22 heavy (non-hydrogen) atoms. The Morgan fingerprint density at radius 3 is 2.27 bits per heavy atom. The Labute approximate surface area is 131 Å². The number of anilines is 2. The summed E-state index contributed by atoms with van der Waals surface area (Å²) in [5.74, 6) is 1.45. The second kappa shape index (κ2) is 7.54. The molecule has 0 radical (unpaired) electrons. The summed E-state index contributed by atoms with van der Waals surface area (Å²) in [4.78, 5) is 11.7. The van der Waals surface area contributed by atoms with Crippen molar-refractivity contribution in [1.29, 1.82) is 0 Å². The maximum Gasteiger partial charge on any atom is 0.225 e. The lowest BCUT2D eigenvalue weighted by atomic mass is 10.1. The highest BCUT2D eigenvalue weighted by Gasteiger charge is 2.06. The van der Waals surface area contributed by atoms with Crippen LogP contribution < -0.4 is 10.6 Å². The third-order valence-electron chi connectivity index (χ3n) is 3.12. The predicted octanol–water partition coefficient (Wildman–Crippen LogP) is 3.38. The van der Waals surface area contributed by atoms with Crippen LogP contribution in [-0.2, 0) is 11.3 Å². The molecule has 5 heteroatoms. The van der Waals surface area contributed by atoms with Gasteiger partial charge in [0.25, 0.3) is 0 Å². The van der Waals surface area contributed by atoms with E-state index in [0.717, 1.165) is 0 Å². The van der Waals surface area contributed by atoms with E-state index in [2.05, 4.69) is 52.0 Å². The van der Waals surface area contributed by atoms with Crippen LogP contribution in [0.25, 0.3) is 0 Å². The van der Waals surface area contributed by atoms with E-state index in [4.69, 9.17) is 0 Å². The second-order valence-electron chi connectivity index (χ2n) is 5.79. The van der Waals surface area contributed by atoms with Crippen LogP contribution in [0, 0.1) is 12.8 Å². The van der Waals surface area contributed by atoms with Crippen LogP contribution in [0.5, 0.6) is 0 Å². The maximum atomic E-state index is 11.7. The van der Waals surface area contributed by atoms with Gasteiger partial charge in [-0.25, -0.2) is 0 Å². The van der Waals surface area contributed by atoms with Crippen molar-refractivity contribution in [3.8, 4) is 0 Å². The fraction of sp³-hybridized carbons (Fsp3) is 0.353. The zero-order chi connectivity index (χ0) is 15.9. The smallest absolute Gasteiger partial charge is 0.225 e. The normalized spacial score (nSPS) is 10.5. The molecule has 0 atom stereocenters. The molecule has 0 unspecified atom stereocenters. The van der Waals surface area contributed by atoms with E-state index in [0.29, 0.717) is 30.5 Å². The first-order chi connectivity index (χ1) is 10.5. The first kappa shape index (κ1) is 15.9. The summed E-state index contributed by atoms with van der Waals surface area (Å²) in [7, 11) is 0. The van der Waals surface area contributed by atoms with Gasteiger partial charge in [0.05, 0.1) is 0 Å². The van der Waals surface area contributed by atoms with E-state index in [1.54, 1.807) is 6.07 Å². The van der Waals surface area contributed by atoms with E-state index in [1.165, 1.54) is 11.1 Å². The van der Waals surface area contributed by atoms with Gasteiger partial charge in [-0.1, -0.05) is 43.7 Å². The number of benzene rings is 1. The zero-order valence-electron chi connectivity index (χ0n) is 13.3. The van der Waals surface area contributed by atoms with Gasteiger partial charge in [-0.05, 0) is 30.5 Å². The standard InChI is InChI=1S/C17H22N4O/c1-12(2)10-17(22)19-16-9-8-15(20-21-16)18-11-14-6-4-13(3)5-7-14/h4-9,12H,10-11H2,1-3H3,(H,18,20)(H,19,21,22). The average Bonchev–Trinajstić information content (AvgIpc) is 2.47. The van der Waals surface area contributed by atoms with Gasteiger partial charge < -0.3 is 10.6 Å². The van der Waals surface area contributed by atoms with Gasteiger partial charge in [-0.3, -0.25) is 4.79 Å². The van der Waals surface area contributed by atoms with Crippen molar-refractivity contribution < 1.29 is 4.79 Å². The minimum atomic E-state index is -0.0373. The van der Waals surface area contributed by atoms with E-state index in [-0.39, 0.29) is 5.91 Å². The molecule has 0 saturated carbocycles. The van der Waals surface area contributed by atoms with Crippen LogP contribution in [0.2, 0.25) is 0 Å². The highest BCUT2D eigenvalue weighted by molar-refractivity contribution is 5.89. The first-order valence-electron chi connectivity index (χ1n) is 7.46. The van der Waals surface area contributed by atoms with Gasteiger partial charge in [0.15, 0.2) is 5.82 Å². The number of aryl methyl sites for hydroxylation is 1. The minimum Gasteiger partial charge on any atom is -0.365 e. The number of rotatable bonds is 6. The zero-order valence-corrected chi connectivity index (χ0v) is 13.3. The summed E-state index contributed by atoms with van der Waals surface area (Å²) >= 11 is 0. The van der Waals surface area contributed by atoms with Crippen LogP contribution in [-0.4, -0.2) is 16.1 Å². The fourth-order valence-electron chi connectivity index (χ4n) is 1.96. The summed E-state index contributed by atoms with van der Waals surface area (Å²) in [5, 5.41) is 14.0. The molecule has 1 heterocycles. The third-order valence-corrected chi connectivity index (χ3v) is 3.12. The van der Waals surface area contributed by atoms with Crippen molar-refractivity contribution in [1.82, 2.24) is 10.2 Å². The summed E-state index contributed by atoms with van der Waals surface area (Å²) < 4.78 is 0. The number of carbonyl (C=O) groups is 1. The molecule has 116 valence electrons. The Kier molecular flexibility index (Phi) is 5.47. The maximum absolute atomic E-state index is 11.7. The number of aromatic nitrogens is 2. The highest BCUT2D eigenvalue weighted by atomic mass is 16.1. The average molecular weight is 298 g/mol. The molecule has 1 aromatic heterocycles. The molecular formula is C17H22N4O. The monoisotopic (exact) mass is 298 g/mol. The largest absolute Gasteiger partial charge is 0.365 e. The van der Waals surface area contributed by atoms with Crippen LogP contribution in [0.15, 0.2) is 36.4 Å². The number of hydrogen-bond donors (Lipinski definition) is 2. The van der Waals surface area contributed by atoms with Crippen LogP contribution in [0.1, 0.15) is 31.4 Å². The van der Waals surface area contributed by atoms with E-state index in [1.807, 2.05) is 19.9 Å². The molecule has 2 rings (SSSR count). The summed E-state index contributed by atoms with van der Waals surface area (Å²) in [6.07, 6.45) is 0.481. The molecule has 0 fully saturated rings. The Bertz CT molecular complexity index is 606. The molecule has 0 aliphatic carbocycles. The first-order valence-corrected chi connectivity index (χ1v) is 7.46. The lowest BCUT2D eigenvalue weighted by Crippen LogP contribution is -2.15. The fourth-order valence-corrected chi connectivity index (χ4v) is 1.96. The van der Waals surface area contributed by atoms with Crippen molar-refractivity contribution >= 4 is 17.5 Å². The van der Waals surface area contributed by atoms with Crippen molar-refractivity contribution in [3.63, 3.8) is 0 Å². The summed E-state index contributed by atoms with van der Waals surface area (Å²) in [6, 6.07) is 11.9. The quantitative estimate of drug-likeness (QED) is 0.858. The second-order valence-corrected chi connectivity index (χ2v) is 5.79. The van der Waals surface area contributed by atoms with E-state index in [9.17, 15) is 4.79 Å². The lowest BCUT2D eigenvalue weighted by Gasteiger charge is -2.08. The molecule has 0 bridgehead atoms. The number of carbonyl (C=O) groups excluding carboxylic acids is 1. The van der Waals surface area contributed by atoms with Crippen molar-refractivity contribution in [2.45, 2.75) is 33.7 Å². The van der Waals surface area contributed by atoms with Crippen molar-refractivity contribution in [2.75, 3.05) is 10.6 Å². The summed E-state index contributed by atoms with van der Waals surface area (Å²) in [6.45, 7) is 6.76. The number of hydrogen-bond acceptors (Lipinski definition) is 4. The molecule has 5 nitrogen and oxygen atoms in total. The van der Waals surface area contributed by atoms with E-state index >= 15 is 0 Å². The van der Waals surface area contributed by atoms with Crippen LogP contribution in [0.3, 0.4) is 0 Å². The number of amides is 1. The molecule has 0 saturated heterocycles. The molecule has 2 aromatic rings. The third kappa shape index (κ3) is 5.16. The minimum absolute atomic E-state index is 0.0373. The SMILES string of the molecule is Cc1ccc(CNc2ccc(NC(=O)CC(C)C)nn2)cc1. The predicted molar refractivity (Wildman–Crippen MR) is 88.6 cm³/mol. The molecule has 1 aromatic carbocycles. The Hall–Kier alpha value is -2.43. The molecule has 0 aliphatic rings. The van der Waals surface area contributed by atoms with Gasteiger partial charge in [0, 0.05) is 13.0 Å². The van der Waals surface area contributed by atoms with Crippen LogP contribution in [0.4, 0.5) is 11.6 Å². The lowest BCUT2D eigenvalue weighted by molar-refractivity contribution is -0.116. The van der Waals surface area contributed by atoms with E-state index < -0.39 is 0 Å². The van der Waals surface area contributed by atoms with Gasteiger partial charge in [0.1, 0.15) is 5.82 Å². The molecular weight excluding hydrogens is 276 g/mol. The van der Waals surface area contributed by atoms with Crippen molar-refractivity contribution in [3.05, 3.63) is 47.5 Å². The Balaban J connectivity index is 1.86. The molecule has 0 aliphatic heterocycles. The van der Waals surface area contributed by atoms with Gasteiger partial charge >= 0.3 is 0 Å². The molecule has 1 amide bonds. The van der Waals surface area contributed by atoms with Crippen molar-refractivity contribution in [2.24, 2.45) is 5.92 Å². The topological polar surface area (TPSA) is 66.9 Å². The summed E-state index contributed by atoms with van der Waals surface area (Å²) in [5.41, 5.74) is 2.42. The highest BCUT2D eigenvalue weighted by Crippen LogP contribution is 2.10.